The fourth-order valence-corrected chi connectivity index (χ4v) is 2.81. The summed E-state index contributed by atoms with van der Waals surface area (Å²) in [5.74, 6) is 5.91. The van der Waals surface area contributed by atoms with E-state index in [1.165, 1.54) is 0 Å². The Kier molecular flexibility index (Phi) is 5.69. The van der Waals surface area contributed by atoms with E-state index in [9.17, 15) is 5.11 Å². The average Bonchev–Trinajstić information content (AvgIpc) is 2.33. The van der Waals surface area contributed by atoms with Crippen LogP contribution in [0.4, 0.5) is 0 Å². The highest BCUT2D eigenvalue weighted by Crippen LogP contribution is 2.44. The van der Waals surface area contributed by atoms with Crippen LogP contribution in [0.25, 0.3) is 0 Å². The topological polar surface area (TPSA) is 29.5 Å². The van der Waals surface area contributed by atoms with E-state index in [4.69, 9.17) is 4.74 Å². The number of hydrogen-bond acceptors (Lipinski definition) is 2. The second kappa shape index (κ2) is 6.59. The molecular weight excluding hydrogens is 224 g/mol. The average molecular weight is 252 g/mol. The molecule has 0 aromatic heterocycles. The van der Waals surface area contributed by atoms with Gasteiger partial charge >= 0.3 is 0 Å². The monoisotopic (exact) mass is 252 g/mol. The van der Waals surface area contributed by atoms with Crippen molar-refractivity contribution in [1.82, 2.24) is 0 Å². The first-order valence-corrected chi connectivity index (χ1v) is 7.17. The second-order valence-corrected chi connectivity index (χ2v) is 6.14. The van der Waals surface area contributed by atoms with Crippen molar-refractivity contribution < 1.29 is 9.84 Å². The van der Waals surface area contributed by atoms with E-state index in [-0.39, 0.29) is 11.7 Å². The van der Waals surface area contributed by atoms with Crippen molar-refractivity contribution >= 4 is 0 Å². The Morgan fingerprint density at radius 3 is 2.33 bits per heavy atom. The van der Waals surface area contributed by atoms with E-state index in [0.29, 0.717) is 12.0 Å². The molecule has 0 radical (unpaired) electrons. The predicted octanol–water partition coefficient (Wildman–Crippen LogP) is 3.53. The van der Waals surface area contributed by atoms with Gasteiger partial charge in [0.2, 0.25) is 0 Å². The minimum atomic E-state index is -0.380. The SMILES string of the molecule is CC#CCCC(O)C1(OCC)CCC(C)(C)CC1. The lowest BCUT2D eigenvalue weighted by Crippen LogP contribution is -2.49. The highest BCUT2D eigenvalue weighted by Gasteiger charge is 2.43. The van der Waals surface area contributed by atoms with E-state index in [0.717, 1.165) is 38.5 Å². The molecule has 104 valence electrons. The number of ether oxygens (including phenoxy) is 1. The third-order valence-electron chi connectivity index (χ3n) is 4.21. The lowest BCUT2D eigenvalue weighted by atomic mass is 9.68. The fraction of sp³-hybridized carbons (Fsp3) is 0.875. The summed E-state index contributed by atoms with van der Waals surface area (Å²) < 4.78 is 5.96. The zero-order valence-electron chi connectivity index (χ0n) is 12.4. The first kappa shape index (κ1) is 15.5. The summed E-state index contributed by atoms with van der Waals surface area (Å²) in [5.41, 5.74) is 0.0727. The Balaban J connectivity index is 2.65. The third-order valence-corrected chi connectivity index (χ3v) is 4.21. The second-order valence-electron chi connectivity index (χ2n) is 6.14. The zero-order chi connectivity index (χ0) is 13.6. The van der Waals surface area contributed by atoms with Crippen LogP contribution in [0.3, 0.4) is 0 Å². The van der Waals surface area contributed by atoms with Crippen molar-refractivity contribution in [3.8, 4) is 11.8 Å². The quantitative estimate of drug-likeness (QED) is 0.759. The molecule has 0 amide bonds. The summed E-state index contributed by atoms with van der Waals surface area (Å²) in [6, 6.07) is 0. The zero-order valence-corrected chi connectivity index (χ0v) is 12.4. The molecule has 18 heavy (non-hydrogen) atoms. The van der Waals surface area contributed by atoms with Gasteiger partial charge in [0.15, 0.2) is 0 Å². The number of rotatable bonds is 5. The minimum Gasteiger partial charge on any atom is -0.390 e. The first-order chi connectivity index (χ1) is 8.46. The van der Waals surface area contributed by atoms with E-state index in [1.54, 1.807) is 0 Å². The molecule has 0 aromatic rings. The highest BCUT2D eigenvalue weighted by molar-refractivity contribution is 4.99. The van der Waals surface area contributed by atoms with Crippen LogP contribution in [-0.4, -0.2) is 23.4 Å². The van der Waals surface area contributed by atoms with Crippen molar-refractivity contribution in [3.63, 3.8) is 0 Å². The van der Waals surface area contributed by atoms with Gasteiger partial charge in [-0.15, -0.1) is 11.8 Å². The summed E-state index contributed by atoms with van der Waals surface area (Å²) >= 11 is 0. The lowest BCUT2D eigenvalue weighted by Gasteiger charge is -2.45. The Hall–Kier alpha value is -0.520. The highest BCUT2D eigenvalue weighted by atomic mass is 16.5. The molecule has 0 aromatic carbocycles. The van der Waals surface area contributed by atoms with Crippen LogP contribution in [0.15, 0.2) is 0 Å². The maximum Gasteiger partial charge on any atom is 0.0940 e. The summed E-state index contributed by atoms with van der Waals surface area (Å²) in [6.45, 7) is 9.14. The van der Waals surface area contributed by atoms with E-state index < -0.39 is 0 Å². The molecule has 0 spiro atoms. The Morgan fingerprint density at radius 2 is 1.83 bits per heavy atom. The van der Waals surface area contributed by atoms with Gasteiger partial charge in [-0.25, -0.2) is 0 Å². The number of hydrogen-bond donors (Lipinski definition) is 1. The van der Waals surface area contributed by atoms with E-state index >= 15 is 0 Å². The molecule has 1 atom stereocenters. The summed E-state index contributed by atoms with van der Waals surface area (Å²) in [5, 5.41) is 10.5. The molecule has 1 unspecified atom stereocenters. The minimum absolute atomic E-state index is 0.320. The van der Waals surface area contributed by atoms with Gasteiger partial charge in [0.05, 0.1) is 11.7 Å². The predicted molar refractivity (Wildman–Crippen MR) is 75.3 cm³/mol. The summed E-state index contributed by atoms with van der Waals surface area (Å²) in [7, 11) is 0. The Labute approximate surface area is 112 Å². The third kappa shape index (κ3) is 4.00. The molecule has 0 heterocycles. The summed E-state index contributed by atoms with van der Waals surface area (Å²) in [4.78, 5) is 0. The first-order valence-electron chi connectivity index (χ1n) is 7.17. The number of aliphatic hydroxyl groups excluding tert-OH is 1. The maximum absolute atomic E-state index is 10.5. The Morgan fingerprint density at radius 1 is 1.22 bits per heavy atom. The molecule has 1 rings (SSSR count). The maximum atomic E-state index is 10.5. The smallest absolute Gasteiger partial charge is 0.0940 e. The standard InChI is InChI=1S/C16H28O2/c1-5-7-8-9-14(17)16(18-6-2)12-10-15(3,4)11-13-16/h14,17H,6,8-13H2,1-4H3. The van der Waals surface area contributed by atoms with Crippen LogP contribution in [0.5, 0.6) is 0 Å². The van der Waals surface area contributed by atoms with Crippen LogP contribution in [0.2, 0.25) is 0 Å². The van der Waals surface area contributed by atoms with Crippen LogP contribution >= 0.6 is 0 Å². The molecule has 2 heteroatoms. The lowest BCUT2D eigenvalue weighted by molar-refractivity contribution is -0.152. The van der Waals surface area contributed by atoms with E-state index in [1.807, 2.05) is 13.8 Å². The largest absolute Gasteiger partial charge is 0.390 e. The van der Waals surface area contributed by atoms with Crippen molar-refractivity contribution in [2.75, 3.05) is 6.61 Å². The van der Waals surface area contributed by atoms with Crippen molar-refractivity contribution in [3.05, 3.63) is 0 Å². The van der Waals surface area contributed by atoms with Crippen molar-refractivity contribution in [2.24, 2.45) is 5.41 Å². The van der Waals surface area contributed by atoms with Crippen LogP contribution in [0.1, 0.15) is 66.2 Å². The molecule has 1 aliphatic rings. The van der Waals surface area contributed by atoms with Gasteiger partial charge in [0, 0.05) is 13.0 Å². The van der Waals surface area contributed by atoms with Gasteiger partial charge in [0.25, 0.3) is 0 Å². The van der Waals surface area contributed by atoms with E-state index in [2.05, 4.69) is 25.7 Å². The van der Waals surface area contributed by atoms with Crippen molar-refractivity contribution in [1.29, 1.82) is 0 Å². The molecule has 1 fully saturated rings. The molecule has 1 N–H and O–H groups in total. The molecule has 0 bridgehead atoms. The molecule has 0 aliphatic heterocycles. The molecule has 0 saturated heterocycles. The fourth-order valence-electron chi connectivity index (χ4n) is 2.81. The van der Waals surface area contributed by atoms with Crippen molar-refractivity contribution in [2.45, 2.75) is 77.9 Å². The van der Waals surface area contributed by atoms with Crippen LogP contribution in [0, 0.1) is 17.3 Å². The molecule has 1 saturated carbocycles. The number of aliphatic hydroxyl groups is 1. The van der Waals surface area contributed by atoms with Gasteiger partial charge in [0.1, 0.15) is 0 Å². The normalized spacial score (nSPS) is 22.9. The Bertz CT molecular complexity index is 299. The van der Waals surface area contributed by atoms with Gasteiger partial charge in [-0.2, -0.15) is 0 Å². The van der Waals surface area contributed by atoms with Gasteiger partial charge in [-0.3, -0.25) is 0 Å². The summed E-state index contributed by atoms with van der Waals surface area (Å²) in [6.07, 6.45) is 5.29. The van der Waals surface area contributed by atoms with Gasteiger partial charge in [-0.1, -0.05) is 13.8 Å². The molecule has 1 aliphatic carbocycles. The van der Waals surface area contributed by atoms with Gasteiger partial charge < -0.3 is 9.84 Å². The molecular formula is C16H28O2. The van der Waals surface area contributed by atoms with Crippen LogP contribution in [-0.2, 0) is 4.74 Å². The van der Waals surface area contributed by atoms with Gasteiger partial charge in [-0.05, 0) is 51.4 Å². The van der Waals surface area contributed by atoms with Crippen LogP contribution < -0.4 is 0 Å². The molecule has 2 nitrogen and oxygen atoms in total.